The van der Waals surface area contributed by atoms with Crippen molar-refractivity contribution in [1.29, 1.82) is 0 Å². The lowest BCUT2D eigenvalue weighted by Crippen LogP contribution is -1.97. The number of hydrogen-bond acceptors (Lipinski definition) is 2. The Kier molecular flexibility index (Phi) is 12.0. The molecule has 15 aromatic carbocycles. The molecule has 0 spiro atoms. The van der Waals surface area contributed by atoms with Crippen molar-refractivity contribution in [2.75, 3.05) is 0 Å². The minimum atomic E-state index is 0.973. The molecule has 22 aromatic rings. The molecule has 0 fully saturated rings. The van der Waals surface area contributed by atoms with E-state index in [1.165, 1.54) is 120 Å². The number of hydrogen-bond donors (Lipinski definition) is 0. The molecule has 99 heavy (non-hydrogen) atoms. The van der Waals surface area contributed by atoms with Gasteiger partial charge in [-0.05, 0) is 172 Å². The zero-order valence-corrected chi connectivity index (χ0v) is 53.5. The molecule has 0 radical (unpaired) electrons. The molecule has 0 saturated heterocycles. The fourth-order valence-corrected chi connectivity index (χ4v) is 16.2. The van der Waals surface area contributed by atoms with Gasteiger partial charge in [0.25, 0.3) is 0 Å². The summed E-state index contributed by atoms with van der Waals surface area (Å²) in [5.41, 5.74) is 26.3. The third kappa shape index (κ3) is 8.38. The minimum Gasteiger partial charge on any atom is -0.309 e. The largest absolute Gasteiger partial charge is 0.309 e. The zero-order valence-electron chi connectivity index (χ0n) is 53.5. The van der Waals surface area contributed by atoms with Crippen molar-refractivity contribution in [3.05, 3.63) is 346 Å². The van der Waals surface area contributed by atoms with Crippen molar-refractivity contribution in [2.45, 2.75) is 0 Å². The predicted molar refractivity (Wildman–Crippen MR) is 415 cm³/mol. The van der Waals surface area contributed by atoms with E-state index < -0.39 is 0 Å². The Labute approximate surface area is 567 Å². The first kappa shape index (κ1) is 55.0. The second-order valence-electron chi connectivity index (χ2n) is 26.0. The lowest BCUT2D eigenvalue weighted by Gasteiger charge is -2.14. The molecule has 22 rings (SSSR count). The van der Waals surface area contributed by atoms with Crippen LogP contribution in [0.1, 0.15) is 0 Å². The number of nitrogens with zero attached hydrogens (tertiary/aromatic N) is 7. The molecule has 7 aromatic heterocycles. The number of para-hydroxylation sites is 10. The van der Waals surface area contributed by atoms with Crippen LogP contribution in [-0.4, -0.2) is 32.5 Å². The monoisotopic (exact) mass is 1260 g/mol. The number of aromatic nitrogens is 7. The Morgan fingerprint density at radius 2 is 0.434 bits per heavy atom. The third-order valence-corrected chi connectivity index (χ3v) is 20.7. The lowest BCUT2D eigenvalue weighted by molar-refractivity contribution is 1.18. The van der Waals surface area contributed by atoms with Crippen LogP contribution < -0.4 is 0 Å². The molecule has 0 atom stereocenters. The summed E-state index contributed by atoms with van der Waals surface area (Å²) in [7, 11) is 0. The topological polar surface area (TPSA) is 49.4 Å². The fourth-order valence-electron chi connectivity index (χ4n) is 16.2. The van der Waals surface area contributed by atoms with Gasteiger partial charge in [-0.2, -0.15) is 0 Å². The van der Waals surface area contributed by atoms with E-state index >= 15 is 0 Å². The Balaban J connectivity index is 0.000000131. The van der Waals surface area contributed by atoms with Gasteiger partial charge < -0.3 is 13.7 Å². The molecule has 0 unspecified atom stereocenters. The first-order valence-electron chi connectivity index (χ1n) is 33.9. The van der Waals surface area contributed by atoms with Gasteiger partial charge in [0.2, 0.25) is 0 Å². The highest BCUT2D eigenvalue weighted by Crippen LogP contribution is 2.42. The van der Waals surface area contributed by atoms with Crippen molar-refractivity contribution in [3.63, 3.8) is 0 Å². The molecule has 0 aliphatic carbocycles. The number of fused-ring (bicyclic) bond motifs is 25. The van der Waals surface area contributed by atoms with Gasteiger partial charge in [-0.25, -0.2) is 9.97 Å². The Bertz CT molecular complexity index is 6920. The molecule has 0 saturated carbocycles. The molecule has 0 bridgehead atoms. The minimum absolute atomic E-state index is 0.973. The molecule has 7 nitrogen and oxygen atoms in total. The molecular formula is C92H57N7. The normalized spacial score (nSPS) is 12.0. The van der Waals surface area contributed by atoms with E-state index in [1.54, 1.807) is 0 Å². The van der Waals surface area contributed by atoms with Crippen molar-refractivity contribution in [1.82, 2.24) is 32.5 Å². The van der Waals surface area contributed by atoms with E-state index in [4.69, 9.17) is 9.97 Å². The number of imidazole rings is 2. The van der Waals surface area contributed by atoms with Gasteiger partial charge in [0.15, 0.2) is 0 Å². The quantitative estimate of drug-likeness (QED) is 0.156. The van der Waals surface area contributed by atoms with E-state index in [0.717, 1.165) is 72.2 Å². The van der Waals surface area contributed by atoms with Crippen LogP contribution in [0.15, 0.2) is 346 Å². The maximum absolute atomic E-state index is 5.23. The highest BCUT2D eigenvalue weighted by atomic mass is 15.0. The van der Waals surface area contributed by atoms with Crippen molar-refractivity contribution >= 4 is 142 Å². The summed E-state index contributed by atoms with van der Waals surface area (Å²) in [6, 6.07) is 125. The van der Waals surface area contributed by atoms with E-state index in [2.05, 4.69) is 368 Å². The Morgan fingerprint density at radius 3 is 0.838 bits per heavy atom. The van der Waals surface area contributed by atoms with Crippen LogP contribution in [0.3, 0.4) is 0 Å². The molecule has 460 valence electrons. The summed E-state index contributed by atoms with van der Waals surface area (Å²) in [6.45, 7) is 0. The number of pyridine rings is 2. The summed E-state index contributed by atoms with van der Waals surface area (Å²) in [4.78, 5) is 10.4. The van der Waals surface area contributed by atoms with Crippen LogP contribution in [0.5, 0.6) is 0 Å². The standard InChI is InChI=1S/C49H30N4.C43H27N3/c1-6-16-43-35(11-1)36-12-2-7-17-44(36)51(43)33-24-21-31(22-25-33)32-23-27-40-41(29-32)39-28-26-34(30-48(39)53-47-20-10-5-15-42(47)50-49(40)53)52-45-18-8-3-13-37(45)38-14-4-9-19-46(38)52;1-2-10-28(11-3-1)30-21-25-36-37(26-30)35-24-20-31(27-42(35)46-41-17-9-6-14-38(41)44-43(36)46)29-18-22-32(23-19-29)45-39-15-7-4-12-33(39)34-13-5-8-16-40(34)45/h1-30H;1-27H. The van der Waals surface area contributed by atoms with Crippen molar-refractivity contribution in [2.24, 2.45) is 0 Å². The van der Waals surface area contributed by atoms with Gasteiger partial charge in [-0.3, -0.25) is 8.80 Å². The highest BCUT2D eigenvalue weighted by Gasteiger charge is 2.21. The Hall–Kier alpha value is -13.4. The average molecular weight is 1260 g/mol. The summed E-state index contributed by atoms with van der Waals surface area (Å²) in [6.07, 6.45) is 0. The molecule has 0 N–H and O–H groups in total. The molecule has 0 amide bonds. The lowest BCUT2D eigenvalue weighted by atomic mass is 9.97. The SMILES string of the molecule is c1ccc(-c2ccc3c(c2)c2ccc(-c4ccc(-n5c6ccccc6c6ccccc65)cc4)cc2n2c4ccccc4nc32)cc1.c1ccc2c(c1)nc1c3ccc(-c4ccc(-n5c6ccccc6c6ccccc65)cc4)cc3c3ccc(-n4c5ccccc5c5ccccc54)cc3n21. The first-order valence-corrected chi connectivity index (χ1v) is 33.9. The highest BCUT2D eigenvalue weighted by molar-refractivity contribution is 6.18. The first-order chi connectivity index (χ1) is 49.1. The van der Waals surface area contributed by atoms with E-state index in [9.17, 15) is 0 Å². The summed E-state index contributed by atoms with van der Waals surface area (Å²) < 4.78 is 11.8. The molecule has 0 aliphatic rings. The summed E-state index contributed by atoms with van der Waals surface area (Å²) in [5, 5.41) is 14.7. The van der Waals surface area contributed by atoms with E-state index in [-0.39, 0.29) is 0 Å². The maximum atomic E-state index is 5.23. The van der Waals surface area contributed by atoms with Crippen LogP contribution in [-0.2, 0) is 0 Å². The van der Waals surface area contributed by atoms with Gasteiger partial charge in [0.1, 0.15) is 11.3 Å². The fraction of sp³-hybridized carbons (Fsp3) is 0. The average Bonchev–Trinajstić information content (AvgIpc) is 1.62. The second-order valence-corrected chi connectivity index (χ2v) is 26.0. The van der Waals surface area contributed by atoms with E-state index in [1.807, 2.05) is 0 Å². The van der Waals surface area contributed by atoms with Crippen LogP contribution >= 0.6 is 0 Å². The van der Waals surface area contributed by atoms with E-state index in [0.29, 0.717) is 0 Å². The maximum Gasteiger partial charge on any atom is 0.146 e. The Morgan fingerprint density at radius 1 is 0.162 bits per heavy atom. The molecule has 7 heterocycles. The van der Waals surface area contributed by atoms with Crippen LogP contribution in [0.4, 0.5) is 0 Å². The van der Waals surface area contributed by atoms with Gasteiger partial charge in [-0.1, -0.05) is 218 Å². The van der Waals surface area contributed by atoms with Crippen LogP contribution in [0.2, 0.25) is 0 Å². The van der Waals surface area contributed by atoms with Crippen molar-refractivity contribution in [3.8, 4) is 50.4 Å². The number of benzene rings is 15. The van der Waals surface area contributed by atoms with Gasteiger partial charge in [-0.15, -0.1) is 0 Å². The molecule has 7 heteroatoms. The molecular weight excluding hydrogens is 1200 g/mol. The third-order valence-electron chi connectivity index (χ3n) is 20.7. The zero-order chi connectivity index (χ0) is 64.8. The number of rotatable bonds is 6. The van der Waals surface area contributed by atoms with Gasteiger partial charge >= 0.3 is 0 Å². The smallest absolute Gasteiger partial charge is 0.146 e. The molecule has 0 aliphatic heterocycles. The van der Waals surface area contributed by atoms with Crippen molar-refractivity contribution < 1.29 is 0 Å². The second kappa shape index (κ2) is 21.6. The van der Waals surface area contributed by atoms with Crippen LogP contribution in [0.25, 0.3) is 193 Å². The van der Waals surface area contributed by atoms with Gasteiger partial charge in [0.05, 0.1) is 66.2 Å². The predicted octanol–water partition coefficient (Wildman–Crippen LogP) is 23.9. The summed E-state index contributed by atoms with van der Waals surface area (Å²) in [5.74, 6) is 0. The summed E-state index contributed by atoms with van der Waals surface area (Å²) >= 11 is 0. The van der Waals surface area contributed by atoms with Gasteiger partial charge in [0, 0.05) is 70.9 Å². The van der Waals surface area contributed by atoms with Crippen LogP contribution in [0, 0.1) is 0 Å².